The topological polar surface area (TPSA) is 260 Å². The number of nitrogens with zero attached hydrogens (tertiary/aromatic N) is 8. The molecular formula is C28H11F4N13. The Balaban J connectivity index is 1.77. The van der Waals surface area contributed by atoms with Crippen LogP contribution in [0.25, 0.3) is 44.0 Å². The van der Waals surface area contributed by atoms with E-state index in [1.165, 1.54) is 24.3 Å². The van der Waals surface area contributed by atoms with Crippen LogP contribution < -0.4 is 38.5 Å². The van der Waals surface area contributed by atoms with Gasteiger partial charge in [0.2, 0.25) is 0 Å². The van der Waals surface area contributed by atoms with Crippen LogP contribution in [0.2, 0.25) is 0 Å². The molecule has 5 rings (SSSR count). The molecule has 0 fully saturated rings. The second kappa shape index (κ2) is 10.8. The van der Waals surface area contributed by atoms with Crippen LogP contribution in [-0.2, 0) is 0 Å². The SMILES string of the molecule is N#CC(C#N)=c1c(F)c(F)c(=C(C#N)NNc2cc3c4cc(C#N)c(N)nc4c4nc(N)c(C#N)cc4c3nc2N)c(F)c1F. The maximum absolute atomic E-state index is 14.9. The molecule has 0 bridgehead atoms. The van der Waals surface area contributed by atoms with Gasteiger partial charge in [0.25, 0.3) is 0 Å². The van der Waals surface area contributed by atoms with Crippen molar-refractivity contribution in [3.8, 4) is 30.3 Å². The van der Waals surface area contributed by atoms with Gasteiger partial charge in [0.1, 0.15) is 64.6 Å². The summed E-state index contributed by atoms with van der Waals surface area (Å²) in [5, 5.41) is 44.2. The Labute approximate surface area is 247 Å². The normalized spacial score (nSPS) is 10.4. The van der Waals surface area contributed by atoms with Crippen molar-refractivity contribution >= 4 is 67.1 Å². The summed E-state index contributed by atoms with van der Waals surface area (Å²) in [4.78, 5) is 12.9. The number of nitrogen functional groups attached to an aromatic ring is 3. The second-order valence-electron chi connectivity index (χ2n) is 9.02. The maximum Gasteiger partial charge on any atom is 0.172 e. The summed E-state index contributed by atoms with van der Waals surface area (Å²) < 4.78 is 59.3. The molecule has 0 spiro atoms. The number of rotatable bonds is 3. The first-order valence-electron chi connectivity index (χ1n) is 12.1. The minimum absolute atomic E-state index is 0.00562. The van der Waals surface area contributed by atoms with Crippen molar-refractivity contribution in [2.45, 2.75) is 0 Å². The molecular weight excluding hydrogens is 594 g/mol. The predicted octanol–water partition coefficient (Wildman–Crippen LogP) is 1.82. The van der Waals surface area contributed by atoms with Gasteiger partial charge in [0, 0.05) is 16.2 Å². The van der Waals surface area contributed by atoms with Gasteiger partial charge in [-0.2, -0.15) is 26.3 Å². The zero-order valence-electron chi connectivity index (χ0n) is 22.1. The van der Waals surface area contributed by atoms with Crippen molar-refractivity contribution in [1.29, 1.82) is 26.3 Å². The molecule has 3 heterocycles. The van der Waals surface area contributed by atoms with Crippen molar-refractivity contribution in [2.75, 3.05) is 22.6 Å². The Bertz CT molecular complexity index is 2480. The lowest BCUT2D eigenvalue weighted by molar-refractivity contribution is 0.434. The molecule has 5 aromatic rings. The number of hydrogen-bond donors (Lipinski definition) is 5. The number of pyridine rings is 3. The van der Waals surface area contributed by atoms with Gasteiger partial charge in [-0.25, -0.2) is 32.5 Å². The number of aromatic nitrogens is 3. The smallest absolute Gasteiger partial charge is 0.172 e. The van der Waals surface area contributed by atoms with Gasteiger partial charge < -0.3 is 17.2 Å². The van der Waals surface area contributed by atoms with Crippen LogP contribution in [0.15, 0.2) is 18.2 Å². The molecule has 0 aliphatic rings. The molecule has 0 aliphatic carbocycles. The van der Waals surface area contributed by atoms with Crippen molar-refractivity contribution in [1.82, 2.24) is 20.4 Å². The van der Waals surface area contributed by atoms with E-state index in [1.54, 1.807) is 0 Å². The molecule has 8 N–H and O–H groups in total. The lowest BCUT2D eigenvalue weighted by Crippen LogP contribution is -2.35. The standard InChI is InChI=1S/C28H11F4N13/c29-19-17(11(6-35)7-36)20(30)22(32)18(21(19)31)16(8-37)45-44-15-3-13-12-1-9(4-33)26(38)42-24(12)25-14(23(13)41-28(15)40)2-10(5-34)27(39)43-25/h1-3,44-45H,(H2,38,42)(H2,39,43)(H2,40,41). The highest BCUT2D eigenvalue weighted by Gasteiger charge is 2.23. The number of nitriles is 5. The minimum Gasteiger partial charge on any atom is -0.383 e. The summed E-state index contributed by atoms with van der Waals surface area (Å²) in [6.45, 7) is 0. The monoisotopic (exact) mass is 605 g/mol. The summed E-state index contributed by atoms with van der Waals surface area (Å²) in [7, 11) is 0. The molecule has 13 nitrogen and oxygen atoms in total. The van der Waals surface area contributed by atoms with Crippen LogP contribution in [0.1, 0.15) is 11.1 Å². The zero-order valence-corrected chi connectivity index (χ0v) is 22.1. The fraction of sp³-hybridized carbons (Fsp3) is 0. The molecule has 0 aliphatic heterocycles. The molecule has 0 unspecified atom stereocenters. The Hall–Kier alpha value is -7.42. The number of halogens is 4. The number of nitrogens with one attached hydrogen (secondary N) is 2. The largest absolute Gasteiger partial charge is 0.383 e. The van der Waals surface area contributed by atoms with Crippen LogP contribution in [0.4, 0.5) is 40.7 Å². The van der Waals surface area contributed by atoms with E-state index in [-0.39, 0.29) is 67.0 Å². The van der Waals surface area contributed by atoms with Gasteiger partial charge >= 0.3 is 0 Å². The van der Waals surface area contributed by atoms with Crippen LogP contribution in [0.3, 0.4) is 0 Å². The van der Waals surface area contributed by atoms with Gasteiger partial charge in [-0.1, -0.05) is 0 Å². The third-order valence-corrected chi connectivity index (χ3v) is 6.59. The van der Waals surface area contributed by atoms with E-state index in [2.05, 4.69) is 25.8 Å². The summed E-state index contributed by atoms with van der Waals surface area (Å²) in [5.41, 5.74) is 20.6. The number of anilines is 4. The van der Waals surface area contributed by atoms with Gasteiger partial charge in [-0.05, 0) is 18.2 Å². The summed E-state index contributed by atoms with van der Waals surface area (Å²) in [6.07, 6.45) is 0. The highest BCUT2D eigenvalue weighted by atomic mass is 19.2. The first-order chi connectivity index (χ1) is 21.5. The predicted molar refractivity (Wildman–Crippen MR) is 151 cm³/mol. The van der Waals surface area contributed by atoms with Gasteiger partial charge in [-0.3, -0.25) is 10.9 Å². The lowest BCUT2D eigenvalue weighted by atomic mass is 10.0. The maximum atomic E-state index is 14.9. The highest BCUT2D eigenvalue weighted by Crippen LogP contribution is 2.37. The quantitative estimate of drug-likeness (QED) is 0.0851. The first kappa shape index (κ1) is 29.1. The fourth-order valence-electron chi connectivity index (χ4n) is 4.50. The molecule has 216 valence electrons. The molecule has 0 saturated carbocycles. The molecule has 45 heavy (non-hydrogen) atoms. The van der Waals surface area contributed by atoms with Crippen molar-refractivity contribution in [3.63, 3.8) is 0 Å². The molecule has 0 atom stereocenters. The number of hydrogen-bond acceptors (Lipinski definition) is 13. The first-order valence-corrected chi connectivity index (χ1v) is 12.1. The Morgan fingerprint density at radius 2 is 1.07 bits per heavy atom. The van der Waals surface area contributed by atoms with E-state index in [9.17, 15) is 33.3 Å². The highest BCUT2D eigenvalue weighted by molar-refractivity contribution is 6.23. The fourth-order valence-corrected chi connectivity index (χ4v) is 4.50. The summed E-state index contributed by atoms with van der Waals surface area (Å²) in [6, 6.07) is 11.6. The van der Waals surface area contributed by atoms with Crippen molar-refractivity contribution in [3.05, 3.63) is 63.0 Å². The van der Waals surface area contributed by atoms with E-state index in [4.69, 9.17) is 27.7 Å². The average molecular weight is 605 g/mol. The molecule has 0 radical (unpaired) electrons. The van der Waals surface area contributed by atoms with Gasteiger partial charge in [-0.15, -0.1) is 0 Å². The molecule has 0 saturated heterocycles. The summed E-state index contributed by atoms with van der Waals surface area (Å²) in [5.74, 6) is -8.79. The Morgan fingerprint density at radius 3 is 1.58 bits per heavy atom. The van der Waals surface area contributed by atoms with E-state index in [0.29, 0.717) is 0 Å². The van der Waals surface area contributed by atoms with Crippen molar-refractivity contribution < 1.29 is 17.6 Å². The van der Waals surface area contributed by atoms with Crippen LogP contribution in [0.5, 0.6) is 0 Å². The summed E-state index contributed by atoms with van der Waals surface area (Å²) >= 11 is 0. The molecule has 3 aromatic heterocycles. The number of fused-ring (bicyclic) bond motifs is 6. The van der Waals surface area contributed by atoms with E-state index in [0.717, 1.165) is 12.1 Å². The van der Waals surface area contributed by atoms with Crippen molar-refractivity contribution in [2.24, 2.45) is 0 Å². The van der Waals surface area contributed by atoms with Crippen LogP contribution >= 0.6 is 0 Å². The van der Waals surface area contributed by atoms with Crippen LogP contribution in [0, 0.1) is 79.9 Å². The third-order valence-electron chi connectivity index (χ3n) is 6.59. The number of benzene rings is 2. The minimum atomic E-state index is -2.08. The number of hydrazine groups is 1. The van der Waals surface area contributed by atoms with E-state index >= 15 is 0 Å². The lowest BCUT2D eigenvalue weighted by Gasteiger charge is -2.15. The van der Waals surface area contributed by atoms with Gasteiger partial charge in [0.05, 0.1) is 38.3 Å². The Morgan fingerprint density at radius 1 is 0.600 bits per heavy atom. The molecule has 0 amide bonds. The third kappa shape index (κ3) is 4.41. The average Bonchev–Trinajstić information content (AvgIpc) is 3.03. The second-order valence-corrected chi connectivity index (χ2v) is 9.02. The zero-order chi connectivity index (χ0) is 32.7. The number of nitrogens with two attached hydrogens (primary N) is 3. The van der Waals surface area contributed by atoms with Gasteiger partial charge in [0.15, 0.2) is 23.3 Å². The molecule has 2 aromatic carbocycles. The van der Waals surface area contributed by atoms with E-state index in [1.807, 2.05) is 12.1 Å². The molecule has 17 heteroatoms. The Kier molecular flexibility index (Phi) is 6.96. The van der Waals surface area contributed by atoms with E-state index < -0.39 is 45.0 Å². The van der Waals surface area contributed by atoms with Crippen LogP contribution in [-0.4, -0.2) is 15.0 Å².